The fourth-order valence-corrected chi connectivity index (χ4v) is 2.98. The molecule has 1 atom stereocenters. The molecule has 1 aliphatic heterocycles. The van der Waals surface area contributed by atoms with E-state index in [-0.39, 0.29) is 0 Å². The highest BCUT2D eigenvalue weighted by atomic mass is 32.1. The molecule has 0 bridgehead atoms. The van der Waals surface area contributed by atoms with E-state index >= 15 is 0 Å². The normalized spacial score (nSPS) is 16.5. The van der Waals surface area contributed by atoms with Gasteiger partial charge in [0.1, 0.15) is 5.75 Å². The smallest absolute Gasteiger partial charge is 0.166 e. The summed E-state index contributed by atoms with van der Waals surface area (Å²) >= 11 is 5.27. The number of rotatable bonds is 6. The van der Waals surface area contributed by atoms with Gasteiger partial charge >= 0.3 is 0 Å². The van der Waals surface area contributed by atoms with Crippen molar-refractivity contribution in [3.63, 3.8) is 0 Å². The second kappa shape index (κ2) is 8.20. The summed E-state index contributed by atoms with van der Waals surface area (Å²) in [6.07, 6.45) is 2.56. The zero-order valence-corrected chi connectivity index (χ0v) is 13.7. The summed E-state index contributed by atoms with van der Waals surface area (Å²) in [4.78, 5) is 2.53. The van der Waals surface area contributed by atoms with Crippen LogP contribution < -0.4 is 15.4 Å². The number of benzene rings is 1. The van der Waals surface area contributed by atoms with E-state index in [2.05, 4.69) is 34.6 Å². The molecular weight excluding hydrogens is 282 g/mol. The molecule has 1 fully saturated rings. The summed E-state index contributed by atoms with van der Waals surface area (Å²) in [6, 6.07) is 8.72. The summed E-state index contributed by atoms with van der Waals surface area (Å²) < 4.78 is 5.24. The van der Waals surface area contributed by atoms with Crippen molar-refractivity contribution >= 4 is 17.3 Å². The van der Waals surface area contributed by atoms with Crippen LogP contribution in [0.25, 0.3) is 0 Å². The molecule has 21 heavy (non-hydrogen) atoms. The van der Waals surface area contributed by atoms with Gasteiger partial charge in [-0.25, -0.2) is 0 Å². The van der Waals surface area contributed by atoms with Crippen LogP contribution in [0.1, 0.15) is 31.4 Å². The Morgan fingerprint density at radius 3 is 2.48 bits per heavy atom. The molecule has 1 aromatic rings. The third-order valence-corrected chi connectivity index (χ3v) is 4.16. The first kappa shape index (κ1) is 16.0. The Morgan fingerprint density at radius 1 is 1.24 bits per heavy atom. The second-order valence-corrected chi connectivity index (χ2v) is 5.68. The molecule has 0 unspecified atom stereocenters. The van der Waals surface area contributed by atoms with E-state index in [4.69, 9.17) is 17.0 Å². The van der Waals surface area contributed by atoms with Crippen molar-refractivity contribution in [2.75, 3.05) is 33.3 Å². The topological polar surface area (TPSA) is 36.5 Å². The van der Waals surface area contributed by atoms with Crippen molar-refractivity contribution in [1.82, 2.24) is 15.5 Å². The third-order valence-electron chi connectivity index (χ3n) is 3.88. The lowest BCUT2D eigenvalue weighted by Gasteiger charge is -2.28. The summed E-state index contributed by atoms with van der Waals surface area (Å²) in [7, 11) is 1.70. The van der Waals surface area contributed by atoms with Gasteiger partial charge in [0.25, 0.3) is 0 Å². The van der Waals surface area contributed by atoms with Crippen LogP contribution in [0.4, 0.5) is 0 Å². The lowest BCUT2D eigenvalue weighted by Crippen LogP contribution is -2.41. The van der Waals surface area contributed by atoms with Crippen LogP contribution >= 0.6 is 12.2 Å². The summed E-state index contributed by atoms with van der Waals surface area (Å²) in [6.45, 7) is 6.05. The molecule has 0 amide bonds. The highest BCUT2D eigenvalue weighted by Crippen LogP contribution is 2.26. The van der Waals surface area contributed by atoms with Crippen molar-refractivity contribution in [2.45, 2.75) is 25.8 Å². The molecule has 4 nitrogen and oxygen atoms in total. The number of thiocarbonyl (C=S) groups is 1. The fourth-order valence-electron chi connectivity index (χ4n) is 2.75. The molecule has 0 spiro atoms. The van der Waals surface area contributed by atoms with Crippen LogP contribution in [0, 0.1) is 0 Å². The number of nitrogens with one attached hydrogen (secondary N) is 2. The van der Waals surface area contributed by atoms with Gasteiger partial charge in [0.2, 0.25) is 0 Å². The van der Waals surface area contributed by atoms with Crippen molar-refractivity contribution in [1.29, 1.82) is 0 Å². The summed E-state index contributed by atoms with van der Waals surface area (Å²) in [5.41, 5.74) is 1.31. The average Bonchev–Trinajstić information content (AvgIpc) is 3.02. The van der Waals surface area contributed by atoms with E-state index in [1.807, 2.05) is 12.1 Å². The zero-order valence-electron chi connectivity index (χ0n) is 12.9. The molecule has 2 N–H and O–H groups in total. The van der Waals surface area contributed by atoms with Crippen LogP contribution in [0.2, 0.25) is 0 Å². The van der Waals surface area contributed by atoms with Crippen LogP contribution in [-0.2, 0) is 0 Å². The number of ether oxygens (including phenoxy) is 1. The molecule has 1 saturated heterocycles. The fraction of sp³-hybridized carbons (Fsp3) is 0.562. The van der Waals surface area contributed by atoms with E-state index in [0.717, 1.165) is 37.0 Å². The van der Waals surface area contributed by atoms with Gasteiger partial charge in [-0.3, -0.25) is 4.90 Å². The number of nitrogens with zero attached hydrogens (tertiary/aromatic N) is 1. The first-order valence-electron chi connectivity index (χ1n) is 7.64. The van der Waals surface area contributed by atoms with Gasteiger partial charge in [0.15, 0.2) is 5.11 Å². The first-order chi connectivity index (χ1) is 10.2. The molecule has 0 radical (unpaired) electrons. The lowest BCUT2D eigenvalue weighted by molar-refractivity contribution is 0.245. The number of hydrogen-bond acceptors (Lipinski definition) is 3. The minimum Gasteiger partial charge on any atom is -0.497 e. The van der Waals surface area contributed by atoms with Crippen LogP contribution in [0.15, 0.2) is 24.3 Å². The van der Waals surface area contributed by atoms with Gasteiger partial charge in [0.05, 0.1) is 13.2 Å². The molecule has 116 valence electrons. The van der Waals surface area contributed by atoms with Crippen molar-refractivity contribution in [3.05, 3.63) is 29.8 Å². The van der Waals surface area contributed by atoms with E-state index in [9.17, 15) is 0 Å². The highest BCUT2D eigenvalue weighted by Gasteiger charge is 2.23. The van der Waals surface area contributed by atoms with E-state index in [1.54, 1.807) is 7.11 Å². The average molecular weight is 307 g/mol. The molecule has 1 aromatic carbocycles. The van der Waals surface area contributed by atoms with E-state index < -0.39 is 0 Å². The second-order valence-electron chi connectivity index (χ2n) is 5.27. The molecule has 0 saturated carbocycles. The van der Waals surface area contributed by atoms with Gasteiger partial charge in [-0.05, 0) is 62.8 Å². The number of likely N-dealkylation sites (tertiary alicyclic amines) is 1. The first-order valence-corrected chi connectivity index (χ1v) is 8.05. The van der Waals surface area contributed by atoms with Crippen molar-refractivity contribution < 1.29 is 4.74 Å². The Balaban J connectivity index is 2.05. The number of hydrogen-bond donors (Lipinski definition) is 2. The molecule has 0 aliphatic carbocycles. The van der Waals surface area contributed by atoms with Gasteiger partial charge in [-0.2, -0.15) is 0 Å². The minimum absolute atomic E-state index is 0.356. The molecule has 5 heteroatoms. The molecule has 1 aliphatic rings. The molecular formula is C16H25N3OS. The van der Waals surface area contributed by atoms with Crippen molar-refractivity contribution in [3.8, 4) is 5.75 Å². The third kappa shape index (κ3) is 4.58. The van der Waals surface area contributed by atoms with E-state index in [1.165, 1.54) is 18.4 Å². The Morgan fingerprint density at radius 2 is 1.90 bits per heavy atom. The van der Waals surface area contributed by atoms with Crippen LogP contribution in [0.3, 0.4) is 0 Å². The number of methoxy groups -OCH3 is 1. The molecule has 2 rings (SSSR count). The zero-order chi connectivity index (χ0) is 15.1. The maximum atomic E-state index is 5.27. The largest absolute Gasteiger partial charge is 0.497 e. The minimum atomic E-state index is 0.356. The lowest BCUT2D eigenvalue weighted by atomic mass is 10.1. The van der Waals surface area contributed by atoms with Gasteiger partial charge in [-0.15, -0.1) is 0 Å². The van der Waals surface area contributed by atoms with Crippen LogP contribution in [0.5, 0.6) is 5.75 Å². The van der Waals surface area contributed by atoms with E-state index in [0.29, 0.717) is 6.04 Å². The monoisotopic (exact) mass is 307 g/mol. The Kier molecular flexibility index (Phi) is 6.26. The highest BCUT2D eigenvalue weighted by molar-refractivity contribution is 7.80. The molecule has 0 aromatic heterocycles. The van der Waals surface area contributed by atoms with Crippen LogP contribution in [-0.4, -0.2) is 43.3 Å². The maximum absolute atomic E-state index is 5.27. The predicted molar refractivity (Wildman–Crippen MR) is 90.8 cm³/mol. The van der Waals surface area contributed by atoms with Gasteiger partial charge in [0, 0.05) is 13.1 Å². The quantitative estimate of drug-likeness (QED) is 0.789. The Bertz CT molecular complexity index is 443. The Labute approximate surface area is 132 Å². The van der Waals surface area contributed by atoms with Gasteiger partial charge < -0.3 is 15.4 Å². The molecule has 1 heterocycles. The standard InChI is InChI=1S/C16H25N3OS/c1-3-17-16(21)18-12-15(19-10-4-5-11-19)13-6-8-14(20-2)9-7-13/h6-9,15H,3-5,10-12H2,1-2H3,(H2,17,18,21)/t15-/m1/s1. The SMILES string of the molecule is CCNC(=S)NC[C@H](c1ccc(OC)cc1)N1CCCC1. The van der Waals surface area contributed by atoms with Crippen molar-refractivity contribution in [2.24, 2.45) is 0 Å². The predicted octanol–water partition coefficient (Wildman–Crippen LogP) is 2.32. The van der Waals surface area contributed by atoms with Gasteiger partial charge in [-0.1, -0.05) is 12.1 Å². The maximum Gasteiger partial charge on any atom is 0.166 e. The summed E-state index contributed by atoms with van der Waals surface area (Å²) in [5.74, 6) is 0.898. The Hall–Kier alpha value is -1.33. The summed E-state index contributed by atoms with van der Waals surface area (Å²) in [5, 5.41) is 7.21.